The quantitative estimate of drug-likeness (QED) is 0.237. The van der Waals surface area contributed by atoms with Gasteiger partial charge < -0.3 is 24.9 Å². The van der Waals surface area contributed by atoms with Crippen LogP contribution in [0.25, 0.3) is 0 Å². The summed E-state index contributed by atoms with van der Waals surface area (Å²) in [5, 5.41) is 3.25. The van der Waals surface area contributed by atoms with Crippen molar-refractivity contribution in [3.05, 3.63) is 0 Å². The van der Waals surface area contributed by atoms with Gasteiger partial charge in [-0.05, 0) is 56.2 Å². The molecule has 0 radical (unpaired) electrons. The van der Waals surface area contributed by atoms with E-state index in [0.717, 1.165) is 38.0 Å². The number of unbranched alkanes of at least 4 members (excludes halogenated alkanes) is 1. The molecule has 1 aliphatic heterocycles. The number of rotatable bonds is 6. The van der Waals surface area contributed by atoms with Gasteiger partial charge in [-0.25, -0.2) is 0 Å². The third-order valence-electron chi connectivity index (χ3n) is 5.11. The van der Waals surface area contributed by atoms with Crippen LogP contribution in [0.4, 0.5) is 0 Å². The first-order valence-corrected chi connectivity index (χ1v) is 11.4. The molecule has 1 aliphatic carbocycles. The van der Waals surface area contributed by atoms with Crippen LogP contribution in [0, 0.1) is 11.8 Å². The Labute approximate surface area is 136 Å². The van der Waals surface area contributed by atoms with Gasteiger partial charge in [0.1, 0.15) is 0 Å². The lowest BCUT2D eigenvalue weighted by atomic mass is 9.84. The monoisotopic (exact) mass is 373 g/mol. The van der Waals surface area contributed by atoms with Gasteiger partial charge in [0.15, 0.2) is 4.90 Å². The fourth-order valence-corrected chi connectivity index (χ4v) is 7.29. The molecule has 130 valence electrons. The summed E-state index contributed by atoms with van der Waals surface area (Å²) in [4.78, 5) is 36.1. The molecule has 0 amide bonds. The van der Waals surface area contributed by atoms with E-state index < -0.39 is 20.1 Å². The van der Waals surface area contributed by atoms with Crippen LogP contribution in [0.3, 0.4) is 0 Å². The van der Waals surface area contributed by atoms with Crippen LogP contribution < -0.4 is 5.32 Å². The SMILES string of the molecule is O=P(O)(O)C1(P(=O)(O)O)CC2CC(CCCCS)CNC2C1. The van der Waals surface area contributed by atoms with E-state index in [1.807, 2.05) is 0 Å². The third-order valence-corrected chi connectivity index (χ3v) is 9.89. The average Bonchev–Trinajstić information content (AvgIpc) is 2.78. The first-order chi connectivity index (χ1) is 10.1. The summed E-state index contributed by atoms with van der Waals surface area (Å²) in [6.45, 7) is 0.742. The Kier molecular flexibility index (Phi) is 5.90. The van der Waals surface area contributed by atoms with Crippen molar-refractivity contribution in [1.82, 2.24) is 5.32 Å². The highest BCUT2D eigenvalue weighted by atomic mass is 32.1. The van der Waals surface area contributed by atoms with Gasteiger partial charge in [0.25, 0.3) is 0 Å². The molecule has 0 aromatic heterocycles. The van der Waals surface area contributed by atoms with Gasteiger partial charge >= 0.3 is 15.2 Å². The van der Waals surface area contributed by atoms with Crippen LogP contribution in [-0.2, 0) is 9.13 Å². The third kappa shape index (κ3) is 3.65. The standard InChI is InChI=1S/C12H25NO6P2S/c14-20(15,16)12(21(17,18)19)6-10-5-9(3-1-2-4-22)8-13-11(10)7-12/h9-11,13,22H,1-8H2,(H2,14,15,16)(H2,17,18,19). The first-order valence-electron chi connectivity index (χ1n) is 7.56. The second-order valence-corrected chi connectivity index (χ2v) is 11.3. The van der Waals surface area contributed by atoms with Gasteiger partial charge in [-0.15, -0.1) is 0 Å². The molecule has 5 N–H and O–H groups in total. The van der Waals surface area contributed by atoms with Gasteiger partial charge in [-0.2, -0.15) is 12.6 Å². The Balaban J connectivity index is 2.10. The molecule has 0 aromatic rings. The average molecular weight is 373 g/mol. The molecule has 3 unspecified atom stereocenters. The Morgan fingerprint density at radius 1 is 1.09 bits per heavy atom. The molecule has 10 heteroatoms. The molecule has 0 bridgehead atoms. The molecule has 1 saturated carbocycles. The Morgan fingerprint density at radius 3 is 2.27 bits per heavy atom. The van der Waals surface area contributed by atoms with Crippen molar-refractivity contribution >= 4 is 27.8 Å². The Hall–Kier alpha value is 0.610. The second kappa shape index (κ2) is 6.85. The zero-order valence-corrected chi connectivity index (χ0v) is 15.0. The van der Waals surface area contributed by atoms with Crippen molar-refractivity contribution < 1.29 is 28.7 Å². The summed E-state index contributed by atoms with van der Waals surface area (Å²) in [5.41, 5.74) is 0. The van der Waals surface area contributed by atoms with Crippen LogP contribution in [-0.4, -0.2) is 42.8 Å². The molecular formula is C12H25NO6P2S. The summed E-state index contributed by atoms with van der Waals surface area (Å²) >= 11 is 4.18. The van der Waals surface area contributed by atoms with Crippen molar-refractivity contribution in [2.24, 2.45) is 11.8 Å². The summed E-state index contributed by atoms with van der Waals surface area (Å²) < 4.78 is 23.6. The van der Waals surface area contributed by atoms with Gasteiger partial charge in [0.2, 0.25) is 0 Å². The Bertz CT molecular complexity index is 470. The normalized spacial score (nSPS) is 32.0. The van der Waals surface area contributed by atoms with Crippen LogP contribution in [0.2, 0.25) is 0 Å². The molecular weight excluding hydrogens is 348 g/mol. The summed E-state index contributed by atoms with van der Waals surface area (Å²) in [5.74, 6) is 1.15. The van der Waals surface area contributed by atoms with Crippen molar-refractivity contribution in [3.63, 3.8) is 0 Å². The number of fused-ring (bicyclic) bond motifs is 1. The smallest absolute Gasteiger partial charge is 0.324 e. The fraction of sp³-hybridized carbons (Fsp3) is 1.00. The topological polar surface area (TPSA) is 127 Å². The van der Waals surface area contributed by atoms with E-state index in [2.05, 4.69) is 17.9 Å². The van der Waals surface area contributed by atoms with E-state index in [1.165, 1.54) is 0 Å². The van der Waals surface area contributed by atoms with E-state index in [1.54, 1.807) is 0 Å². The van der Waals surface area contributed by atoms with Crippen LogP contribution in [0.5, 0.6) is 0 Å². The summed E-state index contributed by atoms with van der Waals surface area (Å²) in [6, 6.07) is -0.221. The highest BCUT2D eigenvalue weighted by molar-refractivity contribution is 7.80. The lowest BCUT2D eigenvalue weighted by Crippen LogP contribution is -2.42. The number of hydrogen-bond acceptors (Lipinski definition) is 4. The highest BCUT2D eigenvalue weighted by Crippen LogP contribution is 2.76. The molecule has 2 rings (SSSR count). The minimum Gasteiger partial charge on any atom is -0.324 e. The van der Waals surface area contributed by atoms with Crippen molar-refractivity contribution in [3.8, 4) is 0 Å². The van der Waals surface area contributed by atoms with E-state index in [0.29, 0.717) is 5.92 Å². The second-order valence-electron chi connectivity index (χ2n) is 6.57. The summed E-state index contributed by atoms with van der Waals surface area (Å²) in [6.07, 6.45) is 3.59. The van der Waals surface area contributed by atoms with E-state index in [-0.39, 0.29) is 24.8 Å². The van der Waals surface area contributed by atoms with Crippen molar-refractivity contribution in [2.75, 3.05) is 12.3 Å². The maximum atomic E-state index is 11.8. The molecule has 2 aliphatic rings. The lowest BCUT2D eigenvalue weighted by molar-refractivity contribution is 0.231. The molecule has 0 spiro atoms. The maximum absolute atomic E-state index is 11.8. The maximum Gasteiger partial charge on any atom is 0.343 e. The largest absolute Gasteiger partial charge is 0.343 e. The zero-order valence-electron chi connectivity index (χ0n) is 12.3. The molecule has 0 aromatic carbocycles. The number of nitrogens with one attached hydrogen (secondary N) is 1. The fourth-order valence-electron chi connectivity index (χ4n) is 3.89. The molecule has 2 fully saturated rings. The van der Waals surface area contributed by atoms with Crippen molar-refractivity contribution in [2.45, 2.75) is 49.5 Å². The number of piperidine rings is 1. The summed E-state index contributed by atoms with van der Waals surface area (Å²) in [7, 11) is -9.80. The first kappa shape index (κ1) is 18.9. The van der Waals surface area contributed by atoms with Crippen molar-refractivity contribution in [1.29, 1.82) is 0 Å². The van der Waals surface area contributed by atoms with Gasteiger partial charge in [-0.1, -0.05) is 6.42 Å². The zero-order chi connectivity index (χ0) is 16.6. The molecule has 22 heavy (non-hydrogen) atoms. The Morgan fingerprint density at radius 2 is 1.73 bits per heavy atom. The van der Waals surface area contributed by atoms with Crippen LogP contribution >= 0.6 is 27.8 Å². The molecule has 7 nitrogen and oxygen atoms in total. The van der Waals surface area contributed by atoms with E-state index in [9.17, 15) is 28.7 Å². The van der Waals surface area contributed by atoms with E-state index in [4.69, 9.17) is 0 Å². The van der Waals surface area contributed by atoms with Gasteiger partial charge in [-0.3, -0.25) is 9.13 Å². The minimum absolute atomic E-state index is 0.0880. The molecule has 1 heterocycles. The molecule has 1 saturated heterocycles. The minimum atomic E-state index is -4.90. The predicted octanol–water partition coefficient (Wildman–Crippen LogP) is 1.53. The van der Waals surface area contributed by atoms with Gasteiger partial charge in [0, 0.05) is 6.04 Å². The number of hydrogen-bond donors (Lipinski definition) is 6. The van der Waals surface area contributed by atoms with E-state index >= 15 is 0 Å². The lowest BCUT2D eigenvalue weighted by Gasteiger charge is -2.32. The van der Waals surface area contributed by atoms with Gasteiger partial charge in [0.05, 0.1) is 0 Å². The molecule has 3 atom stereocenters. The van der Waals surface area contributed by atoms with Crippen LogP contribution in [0.1, 0.15) is 38.5 Å². The highest BCUT2D eigenvalue weighted by Gasteiger charge is 2.66. The predicted molar refractivity (Wildman–Crippen MR) is 87.1 cm³/mol. The van der Waals surface area contributed by atoms with Crippen LogP contribution in [0.15, 0.2) is 0 Å². The number of thiol groups is 1.